The van der Waals surface area contributed by atoms with E-state index < -0.39 is 0 Å². The van der Waals surface area contributed by atoms with E-state index in [9.17, 15) is 4.79 Å². The number of aromatic nitrogens is 2. The van der Waals surface area contributed by atoms with E-state index in [-0.39, 0.29) is 12.7 Å². The van der Waals surface area contributed by atoms with E-state index in [1.54, 1.807) is 0 Å². The summed E-state index contributed by atoms with van der Waals surface area (Å²) in [6, 6.07) is 11.4. The first-order valence-electron chi connectivity index (χ1n) is 7.63. The standard InChI is InChI=1S/C18H14IN3O3/c1-10-6-12(19)3-4-14(10)21-18(23)13-8-20-22-17(13)11-2-5-15-16(7-11)25-9-24-15/h2-8H,9H2,1H3,(H,20,22)(H,21,23). The summed E-state index contributed by atoms with van der Waals surface area (Å²) in [6.07, 6.45) is 1.53. The van der Waals surface area contributed by atoms with Gasteiger partial charge in [-0.15, -0.1) is 0 Å². The molecule has 1 aliphatic rings. The fourth-order valence-corrected chi connectivity index (χ4v) is 3.33. The number of nitrogens with zero attached hydrogens (tertiary/aromatic N) is 1. The first-order valence-corrected chi connectivity index (χ1v) is 8.70. The number of aromatic amines is 1. The Kier molecular flexibility index (Phi) is 4.08. The molecule has 6 nitrogen and oxygen atoms in total. The van der Waals surface area contributed by atoms with Crippen molar-refractivity contribution in [3.63, 3.8) is 0 Å². The van der Waals surface area contributed by atoms with Crippen LogP contribution in [0.15, 0.2) is 42.6 Å². The number of nitrogens with one attached hydrogen (secondary N) is 2. The summed E-state index contributed by atoms with van der Waals surface area (Å²) in [5.41, 5.74) is 3.71. The molecule has 0 radical (unpaired) electrons. The Morgan fingerprint density at radius 1 is 1.20 bits per heavy atom. The number of aryl methyl sites for hydroxylation is 1. The van der Waals surface area contributed by atoms with Gasteiger partial charge in [0.15, 0.2) is 11.5 Å². The third-order valence-corrected chi connectivity index (χ3v) is 4.65. The average molecular weight is 447 g/mol. The molecule has 0 saturated carbocycles. The van der Waals surface area contributed by atoms with Crippen LogP contribution in [0.5, 0.6) is 11.5 Å². The van der Waals surface area contributed by atoms with Gasteiger partial charge in [-0.25, -0.2) is 0 Å². The van der Waals surface area contributed by atoms with Gasteiger partial charge in [-0.1, -0.05) is 0 Å². The number of amides is 1. The fraction of sp³-hybridized carbons (Fsp3) is 0.111. The Morgan fingerprint density at radius 3 is 2.88 bits per heavy atom. The predicted molar refractivity (Wildman–Crippen MR) is 102 cm³/mol. The fourth-order valence-electron chi connectivity index (χ4n) is 2.69. The molecule has 1 aliphatic heterocycles. The van der Waals surface area contributed by atoms with Crippen LogP contribution in [0, 0.1) is 10.5 Å². The molecule has 2 aromatic carbocycles. The van der Waals surface area contributed by atoms with Crippen LogP contribution in [0.2, 0.25) is 0 Å². The molecule has 0 fully saturated rings. The minimum Gasteiger partial charge on any atom is -0.454 e. The van der Waals surface area contributed by atoms with Crippen molar-refractivity contribution in [2.75, 3.05) is 12.1 Å². The summed E-state index contributed by atoms with van der Waals surface area (Å²) in [6.45, 7) is 2.17. The number of rotatable bonds is 3. The molecule has 0 saturated heterocycles. The zero-order chi connectivity index (χ0) is 17.4. The molecule has 7 heteroatoms. The molecule has 0 bridgehead atoms. The lowest BCUT2D eigenvalue weighted by Crippen LogP contribution is -2.13. The zero-order valence-electron chi connectivity index (χ0n) is 13.3. The maximum atomic E-state index is 12.7. The van der Waals surface area contributed by atoms with Crippen molar-refractivity contribution < 1.29 is 14.3 Å². The van der Waals surface area contributed by atoms with Crippen molar-refractivity contribution in [3.05, 3.63) is 57.3 Å². The first-order chi connectivity index (χ1) is 12.1. The van der Waals surface area contributed by atoms with Crippen LogP contribution in [0.25, 0.3) is 11.3 Å². The summed E-state index contributed by atoms with van der Waals surface area (Å²) in [5.74, 6) is 1.14. The number of carbonyl (C=O) groups is 1. The van der Waals surface area contributed by atoms with Crippen LogP contribution in [0.3, 0.4) is 0 Å². The summed E-state index contributed by atoms with van der Waals surface area (Å²) < 4.78 is 11.8. The van der Waals surface area contributed by atoms with E-state index in [1.165, 1.54) is 6.20 Å². The Hall–Kier alpha value is -2.55. The van der Waals surface area contributed by atoms with Gasteiger partial charge in [0.05, 0.1) is 17.5 Å². The molecule has 0 unspecified atom stereocenters. The monoisotopic (exact) mass is 447 g/mol. The van der Waals surface area contributed by atoms with Crippen molar-refractivity contribution in [2.24, 2.45) is 0 Å². The van der Waals surface area contributed by atoms with Gasteiger partial charge < -0.3 is 14.8 Å². The topological polar surface area (TPSA) is 76.2 Å². The van der Waals surface area contributed by atoms with Crippen LogP contribution in [0.4, 0.5) is 5.69 Å². The van der Waals surface area contributed by atoms with Crippen LogP contribution >= 0.6 is 22.6 Å². The lowest BCUT2D eigenvalue weighted by atomic mass is 10.1. The highest BCUT2D eigenvalue weighted by molar-refractivity contribution is 14.1. The number of hydrogen-bond donors (Lipinski definition) is 2. The van der Waals surface area contributed by atoms with Gasteiger partial charge in [-0.05, 0) is 71.5 Å². The van der Waals surface area contributed by atoms with E-state index in [4.69, 9.17) is 9.47 Å². The third kappa shape index (κ3) is 3.07. The number of H-pyrrole nitrogens is 1. The van der Waals surface area contributed by atoms with E-state index in [0.29, 0.717) is 22.8 Å². The van der Waals surface area contributed by atoms with Crippen molar-refractivity contribution in [3.8, 4) is 22.8 Å². The molecule has 3 aromatic rings. The predicted octanol–water partition coefficient (Wildman–Crippen LogP) is 3.97. The van der Waals surface area contributed by atoms with E-state index in [1.807, 2.05) is 43.3 Å². The van der Waals surface area contributed by atoms with E-state index >= 15 is 0 Å². The van der Waals surface area contributed by atoms with Crippen LogP contribution in [-0.4, -0.2) is 22.9 Å². The molecule has 1 aromatic heterocycles. The second-order valence-corrected chi connectivity index (χ2v) is 6.89. The van der Waals surface area contributed by atoms with Gasteiger partial charge in [-0.2, -0.15) is 5.10 Å². The second-order valence-electron chi connectivity index (χ2n) is 5.64. The third-order valence-electron chi connectivity index (χ3n) is 3.98. The Morgan fingerprint density at radius 2 is 2.04 bits per heavy atom. The zero-order valence-corrected chi connectivity index (χ0v) is 15.5. The average Bonchev–Trinajstić information content (AvgIpc) is 3.25. The Bertz CT molecular complexity index is 968. The van der Waals surface area contributed by atoms with Crippen LogP contribution < -0.4 is 14.8 Å². The second kappa shape index (κ2) is 6.40. The summed E-state index contributed by atoms with van der Waals surface area (Å²) in [7, 11) is 0. The molecule has 1 amide bonds. The highest BCUT2D eigenvalue weighted by Gasteiger charge is 2.19. The molecule has 0 spiro atoms. The van der Waals surface area contributed by atoms with Crippen molar-refractivity contribution in [1.82, 2.24) is 10.2 Å². The van der Waals surface area contributed by atoms with Crippen LogP contribution in [0.1, 0.15) is 15.9 Å². The number of fused-ring (bicyclic) bond motifs is 1. The summed E-state index contributed by atoms with van der Waals surface area (Å²) in [5, 5.41) is 9.87. The SMILES string of the molecule is Cc1cc(I)ccc1NC(=O)c1cn[nH]c1-c1ccc2c(c1)OCO2. The lowest BCUT2D eigenvalue weighted by molar-refractivity contribution is 0.102. The quantitative estimate of drug-likeness (QED) is 0.596. The number of halogens is 1. The van der Waals surface area contributed by atoms with E-state index in [0.717, 1.165) is 20.4 Å². The number of ether oxygens (including phenoxy) is 2. The maximum Gasteiger partial charge on any atom is 0.259 e. The first kappa shape index (κ1) is 15.9. The molecule has 126 valence electrons. The number of hydrogen-bond acceptors (Lipinski definition) is 4. The molecule has 25 heavy (non-hydrogen) atoms. The van der Waals surface area contributed by atoms with Gasteiger partial charge in [0.1, 0.15) is 0 Å². The molecule has 2 heterocycles. The van der Waals surface area contributed by atoms with Gasteiger partial charge in [0, 0.05) is 14.8 Å². The van der Waals surface area contributed by atoms with Gasteiger partial charge in [-0.3, -0.25) is 9.89 Å². The summed E-state index contributed by atoms with van der Waals surface area (Å²) in [4.78, 5) is 12.7. The van der Waals surface area contributed by atoms with Gasteiger partial charge in [0.25, 0.3) is 5.91 Å². The molecular formula is C18H14IN3O3. The van der Waals surface area contributed by atoms with Gasteiger partial charge >= 0.3 is 0 Å². The van der Waals surface area contributed by atoms with Crippen molar-refractivity contribution in [2.45, 2.75) is 6.92 Å². The number of carbonyl (C=O) groups excluding carboxylic acids is 1. The minimum absolute atomic E-state index is 0.210. The highest BCUT2D eigenvalue weighted by atomic mass is 127. The summed E-state index contributed by atoms with van der Waals surface area (Å²) >= 11 is 2.24. The van der Waals surface area contributed by atoms with Crippen LogP contribution in [-0.2, 0) is 0 Å². The van der Waals surface area contributed by atoms with Crippen molar-refractivity contribution in [1.29, 1.82) is 0 Å². The molecule has 0 aliphatic carbocycles. The Labute approximate surface area is 157 Å². The largest absolute Gasteiger partial charge is 0.454 e. The van der Waals surface area contributed by atoms with Gasteiger partial charge in [0.2, 0.25) is 6.79 Å². The minimum atomic E-state index is -0.217. The number of benzene rings is 2. The lowest BCUT2D eigenvalue weighted by Gasteiger charge is -2.09. The number of anilines is 1. The molecule has 4 rings (SSSR count). The smallest absolute Gasteiger partial charge is 0.259 e. The van der Waals surface area contributed by atoms with E-state index in [2.05, 4.69) is 38.1 Å². The normalized spacial score (nSPS) is 12.2. The maximum absolute atomic E-state index is 12.7. The molecule has 2 N–H and O–H groups in total. The molecule has 0 atom stereocenters. The van der Waals surface area contributed by atoms with Crippen molar-refractivity contribution >= 4 is 34.2 Å². The molecular weight excluding hydrogens is 433 g/mol. The highest BCUT2D eigenvalue weighted by Crippen LogP contribution is 2.36. The Balaban J connectivity index is 1.64.